The van der Waals surface area contributed by atoms with E-state index in [9.17, 15) is 14.4 Å². The summed E-state index contributed by atoms with van der Waals surface area (Å²) in [6, 6.07) is 12.0. The zero-order valence-corrected chi connectivity index (χ0v) is 13.9. The summed E-state index contributed by atoms with van der Waals surface area (Å²) < 4.78 is 10.3. The third-order valence-electron chi connectivity index (χ3n) is 3.94. The van der Waals surface area contributed by atoms with Gasteiger partial charge in [-0.3, -0.25) is 4.79 Å². The molecule has 0 amide bonds. The fourth-order valence-corrected chi connectivity index (χ4v) is 2.88. The molecule has 4 rings (SSSR count). The molecule has 2 aromatic heterocycles. The highest BCUT2D eigenvalue weighted by atomic mass is 35.5. The fraction of sp³-hybridized carbons (Fsp3) is 0. The number of carbonyl (C=O) groups is 1. The molecule has 0 aliphatic rings. The number of hydrogen-bond donors (Lipinski definition) is 0. The van der Waals surface area contributed by atoms with Gasteiger partial charge in [-0.05, 0) is 36.4 Å². The number of hydrogen-bond acceptors (Lipinski definition) is 5. The molecule has 0 spiro atoms. The van der Waals surface area contributed by atoms with E-state index in [0.29, 0.717) is 21.3 Å². The van der Waals surface area contributed by atoms with Crippen molar-refractivity contribution in [3.8, 4) is 0 Å². The summed E-state index contributed by atoms with van der Waals surface area (Å²) in [5.41, 5.74) is -1.24. The fourth-order valence-electron chi connectivity index (χ4n) is 2.70. The van der Waals surface area contributed by atoms with Crippen molar-refractivity contribution in [3.05, 3.63) is 85.5 Å². The molecule has 0 fully saturated rings. The van der Waals surface area contributed by atoms with Gasteiger partial charge in [0.25, 0.3) is 0 Å². The molecule has 0 N–H and O–H groups in total. The molecule has 0 saturated heterocycles. The predicted molar refractivity (Wildman–Crippen MR) is 98.8 cm³/mol. The first-order chi connectivity index (χ1) is 12.4. The largest absolute Gasteiger partial charge is 0.422 e. The lowest BCUT2D eigenvalue weighted by atomic mass is 9.94. The molecule has 7 heteroatoms. The van der Waals surface area contributed by atoms with E-state index in [0.717, 1.165) is 0 Å². The first kappa shape index (κ1) is 16.4. The topological polar surface area (TPSA) is 77.5 Å². The van der Waals surface area contributed by atoms with Gasteiger partial charge in [0.2, 0.25) is 5.78 Å². The Morgan fingerprint density at radius 2 is 1.35 bits per heavy atom. The normalized spacial score (nSPS) is 11.1. The maximum absolute atomic E-state index is 12.8. The molecule has 5 nitrogen and oxygen atoms in total. The van der Waals surface area contributed by atoms with Crippen LogP contribution in [-0.4, -0.2) is 13.6 Å². The van der Waals surface area contributed by atoms with E-state index in [-0.39, 0.29) is 22.3 Å². The Labute approximate surface area is 152 Å². The number of rotatable bonds is 2. The smallest absolute Gasteiger partial charge is 0.347 e. The van der Waals surface area contributed by atoms with Gasteiger partial charge in [0.15, 0.2) is 0 Å². The molecule has 4 aromatic rings. The zero-order chi connectivity index (χ0) is 18.4. The van der Waals surface area contributed by atoms with Crippen LogP contribution in [0.1, 0.15) is 15.9 Å². The highest BCUT2D eigenvalue weighted by Crippen LogP contribution is 2.20. The van der Waals surface area contributed by atoms with Crippen LogP contribution in [-0.2, 0) is 0 Å². The second-order valence-electron chi connectivity index (χ2n) is 5.70. The summed E-state index contributed by atoms with van der Waals surface area (Å²) in [5, 5.41) is 1.36. The minimum Gasteiger partial charge on any atom is -0.422 e. The van der Waals surface area contributed by atoms with Gasteiger partial charge in [0.1, 0.15) is 30.1 Å². The SMILES string of the molecule is [B]c1ccc2oc(=O)c(C(=O)c3cc4cc(Cl)ccc4oc3=O)cc2c1. The molecule has 0 atom stereocenters. The van der Waals surface area contributed by atoms with Crippen molar-refractivity contribution in [1.82, 2.24) is 0 Å². The second-order valence-corrected chi connectivity index (χ2v) is 6.14. The molecule has 0 aliphatic heterocycles. The Balaban J connectivity index is 1.92. The van der Waals surface area contributed by atoms with Crippen LogP contribution < -0.4 is 16.7 Å². The molecular weight excluding hydrogens is 354 g/mol. The molecule has 0 saturated carbocycles. The van der Waals surface area contributed by atoms with Crippen LogP contribution in [0.3, 0.4) is 0 Å². The summed E-state index contributed by atoms with van der Waals surface area (Å²) in [4.78, 5) is 37.1. The number of carbonyl (C=O) groups excluding carboxylic acids is 1. The molecule has 2 radical (unpaired) electrons. The van der Waals surface area contributed by atoms with Crippen molar-refractivity contribution in [3.63, 3.8) is 0 Å². The van der Waals surface area contributed by atoms with Crippen LogP contribution in [0.15, 0.2) is 67.0 Å². The van der Waals surface area contributed by atoms with E-state index in [1.54, 1.807) is 24.3 Å². The third kappa shape index (κ3) is 2.74. The molecule has 2 heterocycles. The molecule has 0 unspecified atom stereocenters. The lowest BCUT2D eigenvalue weighted by molar-refractivity contribution is 0.103. The average molecular weight is 363 g/mol. The van der Waals surface area contributed by atoms with Gasteiger partial charge < -0.3 is 8.83 Å². The number of benzene rings is 2. The van der Waals surface area contributed by atoms with E-state index in [1.807, 2.05) is 0 Å². The van der Waals surface area contributed by atoms with Crippen molar-refractivity contribution in [2.75, 3.05) is 0 Å². The molecular formula is C19H8BClO5. The molecule has 124 valence electrons. The summed E-state index contributed by atoms with van der Waals surface area (Å²) in [7, 11) is 5.72. The van der Waals surface area contributed by atoms with Gasteiger partial charge in [-0.2, -0.15) is 0 Å². The standard InChI is InChI=1S/C19H8BClO5/c20-11-1-3-15-9(5-11)7-13(18(23)25-15)17(22)14-8-10-6-12(21)2-4-16(10)26-19(14)24/h1-8H. The monoisotopic (exact) mass is 362 g/mol. The highest BCUT2D eigenvalue weighted by molar-refractivity contribution is 6.33. The predicted octanol–water partition coefficient (Wildman–Crippen LogP) is 2.58. The molecule has 2 aromatic carbocycles. The Bertz CT molecular complexity index is 1220. The Hall–Kier alpha value is -3.12. The van der Waals surface area contributed by atoms with E-state index < -0.39 is 17.0 Å². The van der Waals surface area contributed by atoms with Gasteiger partial charge >= 0.3 is 11.3 Å². The maximum Gasteiger partial charge on any atom is 0.347 e. The van der Waals surface area contributed by atoms with Crippen LogP contribution in [0, 0.1) is 0 Å². The summed E-state index contributed by atoms with van der Waals surface area (Å²) in [5.74, 6) is -0.793. The van der Waals surface area contributed by atoms with Crippen molar-refractivity contribution in [1.29, 1.82) is 0 Å². The average Bonchev–Trinajstić information content (AvgIpc) is 2.60. The number of fused-ring (bicyclic) bond motifs is 2. The highest BCUT2D eigenvalue weighted by Gasteiger charge is 2.20. The van der Waals surface area contributed by atoms with Gasteiger partial charge in [-0.1, -0.05) is 29.2 Å². The summed E-state index contributed by atoms with van der Waals surface area (Å²) >= 11 is 5.93. The summed E-state index contributed by atoms with van der Waals surface area (Å²) in [6.07, 6.45) is 0. The maximum atomic E-state index is 12.8. The first-order valence-electron chi connectivity index (χ1n) is 7.54. The van der Waals surface area contributed by atoms with Crippen LogP contribution in [0.2, 0.25) is 5.02 Å². The van der Waals surface area contributed by atoms with Crippen LogP contribution in [0.5, 0.6) is 0 Å². The molecule has 26 heavy (non-hydrogen) atoms. The van der Waals surface area contributed by atoms with Crippen molar-refractivity contribution < 1.29 is 13.6 Å². The van der Waals surface area contributed by atoms with Crippen molar-refractivity contribution >= 4 is 52.6 Å². The zero-order valence-electron chi connectivity index (χ0n) is 13.1. The van der Waals surface area contributed by atoms with Crippen LogP contribution >= 0.6 is 11.6 Å². The minimum atomic E-state index is -0.850. The van der Waals surface area contributed by atoms with E-state index >= 15 is 0 Å². The van der Waals surface area contributed by atoms with Crippen LogP contribution in [0.4, 0.5) is 0 Å². The summed E-state index contributed by atoms with van der Waals surface area (Å²) in [6.45, 7) is 0. The number of ketones is 1. The van der Waals surface area contributed by atoms with Gasteiger partial charge in [0.05, 0.1) is 0 Å². The minimum absolute atomic E-state index is 0.281. The molecule has 0 aliphatic carbocycles. The molecule has 0 bridgehead atoms. The van der Waals surface area contributed by atoms with Gasteiger partial charge in [-0.15, -0.1) is 0 Å². The Morgan fingerprint density at radius 3 is 1.96 bits per heavy atom. The second kappa shape index (κ2) is 6.00. The van der Waals surface area contributed by atoms with E-state index in [1.165, 1.54) is 24.3 Å². The lowest BCUT2D eigenvalue weighted by Crippen LogP contribution is -2.21. The van der Waals surface area contributed by atoms with E-state index in [2.05, 4.69) is 0 Å². The van der Waals surface area contributed by atoms with Gasteiger partial charge in [-0.25, -0.2) is 9.59 Å². The van der Waals surface area contributed by atoms with Crippen LogP contribution in [0.25, 0.3) is 21.9 Å². The first-order valence-corrected chi connectivity index (χ1v) is 7.92. The van der Waals surface area contributed by atoms with Crippen molar-refractivity contribution in [2.24, 2.45) is 0 Å². The van der Waals surface area contributed by atoms with E-state index in [4.69, 9.17) is 28.3 Å². The Kier molecular flexibility index (Phi) is 3.78. The Morgan fingerprint density at radius 1 is 0.808 bits per heavy atom. The van der Waals surface area contributed by atoms with Crippen molar-refractivity contribution in [2.45, 2.75) is 0 Å². The lowest BCUT2D eigenvalue weighted by Gasteiger charge is -2.04. The third-order valence-corrected chi connectivity index (χ3v) is 4.17. The number of halogens is 1. The van der Waals surface area contributed by atoms with Gasteiger partial charge in [0, 0.05) is 15.8 Å². The quantitative estimate of drug-likeness (QED) is 0.311.